The van der Waals surface area contributed by atoms with Crippen LogP contribution in [0.4, 0.5) is 0 Å². The Labute approximate surface area is 104 Å². The Morgan fingerprint density at radius 3 is 2.72 bits per heavy atom. The van der Waals surface area contributed by atoms with Crippen molar-refractivity contribution < 1.29 is 19.4 Å². The molecule has 1 fully saturated rings. The van der Waals surface area contributed by atoms with Gasteiger partial charge in [-0.2, -0.15) is 5.10 Å². The zero-order chi connectivity index (χ0) is 13.3. The predicted molar refractivity (Wildman–Crippen MR) is 61.1 cm³/mol. The van der Waals surface area contributed by atoms with Crippen molar-refractivity contribution in [3.63, 3.8) is 0 Å². The normalized spacial score (nSPS) is 17.3. The molecular weight excluding hydrogens is 238 g/mol. The Morgan fingerprint density at radius 1 is 1.56 bits per heavy atom. The molecule has 0 radical (unpaired) electrons. The quantitative estimate of drug-likeness (QED) is 0.798. The summed E-state index contributed by atoms with van der Waals surface area (Å²) in [5.41, 5.74) is -0.0533. The molecule has 1 amide bonds. The molecule has 1 aliphatic heterocycles. The van der Waals surface area contributed by atoms with Gasteiger partial charge in [0.1, 0.15) is 17.9 Å². The number of likely N-dealkylation sites (tertiary alicyclic amines) is 1. The maximum atomic E-state index is 12.0. The highest BCUT2D eigenvalue weighted by Crippen LogP contribution is 2.26. The number of carbonyl (C=O) groups is 2. The van der Waals surface area contributed by atoms with E-state index in [1.807, 2.05) is 0 Å². The van der Waals surface area contributed by atoms with Crippen molar-refractivity contribution in [2.45, 2.75) is 12.5 Å². The molecule has 0 aromatic carbocycles. The summed E-state index contributed by atoms with van der Waals surface area (Å²) < 4.78 is 6.75. The summed E-state index contributed by atoms with van der Waals surface area (Å²) in [5.74, 6) is -1.13. The maximum absolute atomic E-state index is 12.0. The average molecular weight is 253 g/mol. The fourth-order valence-corrected chi connectivity index (χ4v) is 1.98. The van der Waals surface area contributed by atoms with Gasteiger partial charge in [0.05, 0.1) is 13.1 Å². The molecule has 1 aliphatic rings. The first kappa shape index (κ1) is 12.6. The molecule has 98 valence electrons. The molecular formula is C11H15N3O4. The molecule has 1 aromatic rings. The van der Waals surface area contributed by atoms with Crippen LogP contribution in [-0.4, -0.2) is 57.0 Å². The number of amides is 1. The molecule has 1 N–H and O–H groups in total. The Balaban J connectivity index is 1.91. The van der Waals surface area contributed by atoms with E-state index in [9.17, 15) is 9.59 Å². The first-order chi connectivity index (χ1) is 8.41. The fraction of sp³-hybridized carbons (Fsp3) is 0.545. The fourth-order valence-electron chi connectivity index (χ4n) is 1.98. The number of aliphatic carboxylic acids is 1. The van der Waals surface area contributed by atoms with Gasteiger partial charge in [-0.05, 0) is 13.0 Å². The Bertz CT molecular complexity index is 476. The van der Waals surface area contributed by atoms with Gasteiger partial charge in [0.25, 0.3) is 5.91 Å². The van der Waals surface area contributed by atoms with Gasteiger partial charge in [0.15, 0.2) is 0 Å². The number of hydrogen-bond donors (Lipinski definition) is 1. The Morgan fingerprint density at radius 2 is 2.22 bits per heavy atom. The van der Waals surface area contributed by atoms with Crippen molar-refractivity contribution >= 4 is 11.9 Å². The lowest BCUT2D eigenvalue weighted by Gasteiger charge is -2.47. The number of carboxylic acid groups (broad SMARTS) is 1. The van der Waals surface area contributed by atoms with Crippen molar-refractivity contribution in [2.24, 2.45) is 7.05 Å². The molecule has 2 heterocycles. The third-order valence-corrected chi connectivity index (χ3v) is 2.92. The molecule has 7 nitrogen and oxygen atoms in total. The Kier molecular flexibility index (Phi) is 3.08. The van der Waals surface area contributed by atoms with Crippen molar-refractivity contribution in [2.75, 3.05) is 19.7 Å². The molecule has 1 saturated heterocycles. The van der Waals surface area contributed by atoms with Gasteiger partial charge in [0, 0.05) is 13.2 Å². The summed E-state index contributed by atoms with van der Waals surface area (Å²) in [6.07, 6.45) is 1.56. The van der Waals surface area contributed by atoms with Gasteiger partial charge in [0.2, 0.25) is 0 Å². The lowest BCUT2D eigenvalue weighted by molar-refractivity contribution is -0.160. The van der Waals surface area contributed by atoms with Gasteiger partial charge in [-0.25, -0.2) is 4.79 Å². The molecule has 0 unspecified atom stereocenters. The van der Waals surface area contributed by atoms with Gasteiger partial charge >= 0.3 is 5.97 Å². The van der Waals surface area contributed by atoms with Gasteiger partial charge < -0.3 is 14.7 Å². The largest absolute Gasteiger partial charge is 0.480 e. The second kappa shape index (κ2) is 4.41. The van der Waals surface area contributed by atoms with Crippen molar-refractivity contribution in [3.8, 4) is 0 Å². The van der Waals surface area contributed by atoms with Crippen LogP contribution in [0.1, 0.15) is 17.4 Å². The van der Waals surface area contributed by atoms with Crippen molar-refractivity contribution in [1.29, 1.82) is 0 Å². The Hall–Kier alpha value is -1.89. The van der Waals surface area contributed by atoms with E-state index in [1.54, 1.807) is 31.1 Å². The summed E-state index contributed by atoms with van der Waals surface area (Å²) in [5, 5.41) is 12.5. The summed E-state index contributed by atoms with van der Waals surface area (Å²) >= 11 is 0. The standard InChI is InChI=1S/C11H15N3O4/c1-11(18-5-9(15)16)6-14(7-11)10(17)8-3-4-12-13(8)2/h3-4H,5-7H2,1-2H3,(H,15,16). The van der Waals surface area contributed by atoms with Crippen LogP contribution in [0.3, 0.4) is 0 Å². The summed E-state index contributed by atoms with van der Waals surface area (Å²) in [6.45, 7) is 2.24. The molecule has 0 atom stereocenters. The van der Waals surface area contributed by atoms with Gasteiger partial charge in [-0.15, -0.1) is 0 Å². The van der Waals surface area contributed by atoms with E-state index in [0.29, 0.717) is 18.8 Å². The highest BCUT2D eigenvalue weighted by molar-refractivity contribution is 5.93. The second-order valence-electron chi connectivity index (χ2n) is 4.63. The smallest absolute Gasteiger partial charge is 0.329 e. The number of ether oxygens (including phenoxy) is 1. The molecule has 1 aromatic heterocycles. The molecule has 18 heavy (non-hydrogen) atoms. The van der Waals surface area contributed by atoms with E-state index in [2.05, 4.69) is 5.10 Å². The third-order valence-electron chi connectivity index (χ3n) is 2.92. The van der Waals surface area contributed by atoms with Crippen LogP contribution in [0.2, 0.25) is 0 Å². The molecule has 0 aliphatic carbocycles. The zero-order valence-corrected chi connectivity index (χ0v) is 10.3. The summed E-state index contributed by atoms with van der Waals surface area (Å²) in [4.78, 5) is 24.1. The summed E-state index contributed by atoms with van der Waals surface area (Å²) in [6, 6.07) is 1.65. The monoisotopic (exact) mass is 253 g/mol. The summed E-state index contributed by atoms with van der Waals surface area (Å²) in [7, 11) is 1.70. The maximum Gasteiger partial charge on any atom is 0.329 e. The van der Waals surface area contributed by atoms with Crippen molar-refractivity contribution in [1.82, 2.24) is 14.7 Å². The number of rotatable bonds is 4. The van der Waals surface area contributed by atoms with Crippen LogP contribution < -0.4 is 0 Å². The van der Waals surface area contributed by atoms with Crippen LogP contribution in [-0.2, 0) is 16.6 Å². The van der Waals surface area contributed by atoms with Gasteiger partial charge in [-0.1, -0.05) is 0 Å². The van der Waals surface area contributed by atoms with E-state index in [-0.39, 0.29) is 12.5 Å². The van der Waals surface area contributed by atoms with Gasteiger partial charge in [-0.3, -0.25) is 9.48 Å². The minimum absolute atomic E-state index is 0.119. The highest BCUT2D eigenvalue weighted by Gasteiger charge is 2.43. The number of aryl methyl sites for hydroxylation is 1. The van der Waals surface area contributed by atoms with E-state index in [0.717, 1.165) is 0 Å². The molecule has 0 bridgehead atoms. The average Bonchev–Trinajstić information content (AvgIpc) is 2.68. The minimum Gasteiger partial charge on any atom is -0.480 e. The second-order valence-corrected chi connectivity index (χ2v) is 4.63. The predicted octanol–water partition coefficient (Wildman–Crippen LogP) is -0.264. The van der Waals surface area contributed by atoms with Crippen LogP contribution in [0.25, 0.3) is 0 Å². The van der Waals surface area contributed by atoms with E-state index in [4.69, 9.17) is 9.84 Å². The van der Waals surface area contributed by atoms with E-state index in [1.165, 1.54) is 4.68 Å². The number of aromatic nitrogens is 2. The number of hydrogen-bond acceptors (Lipinski definition) is 4. The zero-order valence-electron chi connectivity index (χ0n) is 10.3. The number of nitrogens with zero attached hydrogens (tertiary/aromatic N) is 3. The van der Waals surface area contributed by atoms with Crippen LogP contribution in [0.15, 0.2) is 12.3 Å². The molecule has 7 heteroatoms. The highest BCUT2D eigenvalue weighted by atomic mass is 16.5. The lowest BCUT2D eigenvalue weighted by atomic mass is 9.96. The topological polar surface area (TPSA) is 84.7 Å². The first-order valence-corrected chi connectivity index (χ1v) is 5.54. The molecule has 0 spiro atoms. The SMILES string of the molecule is Cn1nccc1C(=O)N1CC(C)(OCC(=O)O)C1. The van der Waals surface area contributed by atoms with Crippen LogP contribution in [0, 0.1) is 0 Å². The van der Waals surface area contributed by atoms with E-state index >= 15 is 0 Å². The number of carboxylic acids is 1. The number of carbonyl (C=O) groups excluding carboxylic acids is 1. The van der Waals surface area contributed by atoms with E-state index < -0.39 is 11.6 Å². The molecule has 0 saturated carbocycles. The van der Waals surface area contributed by atoms with Crippen LogP contribution in [0.5, 0.6) is 0 Å². The van der Waals surface area contributed by atoms with Crippen molar-refractivity contribution in [3.05, 3.63) is 18.0 Å². The minimum atomic E-state index is -1.01. The lowest BCUT2D eigenvalue weighted by Crippen LogP contribution is -2.63. The first-order valence-electron chi connectivity index (χ1n) is 5.54. The molecule has 2 rings (SSSR count). The third kappa shape index (κ3) is 2.35. The van der Waals surface area contributed by atoms with Crippen LogP contribution >= 0.6 is 0 Å².